The zero-order valence-electron chi connectivity index (χ0n) is 16.7. The molecule has 3 fully saturated rings. The number of ether oxygens (including phenoxy) is 2. The third-order valence-corrected chi connectivity index (χ3v) is 6.38. The van der Waals surface area contributed by atoms with Crippen molar-refractivity contribution in [3.05, 3.63) is 42.1 Å². The molecular formula is C23H27N3O3. The number of aromatic nitrogens is 1. The summed E-state index contributed by atoms with van der Waals surface area (Å²) in [4.78, 5) is 16.9. The molecule has 3 aliphatic rings. The van der Waals surface area contributed by atoms with Gasteiger partial charge >= 0.3 is 0 Å². The van der Waals surface area contributed by atoms with Crippen molar-refractivity contribution in [3.8, 4) is 16.9 Å². The fourth-order valence-electron chi connectivity index (χ4n) is 4.63. The highest BCUT2D eigenvalue weighted by Gasteiger charge is 2.56. The Morgan fingerprint density at radius 3 is 2.66 bits per heavy atom. The van der Waals surface area contributed by atoms with Crippen LogP contribution in [0.2, 0.25) is 0 Å². The molecule has 1 aromatic carbocycles. The molecule has 6 nitrogen and oxygen atoms in total. The molecule has 1 amide bonds. The summed E-state index contributed by atoms with van der Waals surface area (Å²) in [7, 11) is 0. The standard InChI is InChI=1S/C23H27N3O3/c1-14-10-15(2-3-20(14)29-17-5-8-28-9-6-17)16-4-7-25-21(11-16)26-23(27)22-18-12-24-13-19(18)22/h2-4,7,10-11,17-19,22,24H,5-6,8-9,12-13H2,1H3,(H,25,26,27)/t18-,19+,22+. The van der Waals surface area contributed by atoms with Gasteiger partial charge in [-0.15, -0.1) is 0 Å². The minimum absolute atomic E-state index is 0.0996. The van der Waals surface area contributed by atoms with Crippen LogP contribution in [-0.2, 0) is 9.53 Å². The molecule has 0 unspecified atom stereocenters. The van der Waals surface area contributed by atoms with Gasteiger partial charge in [0.15, 0.2) is 0 Å². The lowest BCUT2D eigenvalue weighted by molar-refractivity contribution is -0.118. The summed E-state index contributed by atoms with van der Waals surface area (Å²) in [6, 6.07) is 10.2. The number of pyridine rings is 1. The van der Waals surface area contributed by atoms with Crippen LogP contribution in [0.25, 0.3) is 11.1 Å². The van der Waals surface area contributed by atoms with Gasteiger partial charge in [0, 0.05) is 25.0 Å². The van der Waals surface area contributed by atoms with Crippen molar-refractivity contribution >= 4 is 11.7 Å². The molecule has 29 heavy (non-hydrogen) atoms. The molecule has 2 aromatic rings. The van der Waals surface area contributed by atoms with Gasteiger partial charge < -0.3 is 20.1 Å². The van der Waals surface area contributed by atoms with Crippen LogP contribution in [0, 0.1) is 24.7 Å². The Morgan fingerprint density at radius 2 is 1.90 bits per heavy atom. The van der Waals surface area contributed by atoms with E-state index < -0.39 is 0 Å². The number of hydrogen-bond acceptors (Lipinski definition) is 5. The van der Waals surface area contributed by atoms with Crippen molar-refractivity contribution in [2.75, 3.05) is 31.6 Å². The van der Waals surface area contributed by atoms with E-state index in [1.807, 2.05) is 18.2 Å². The summed E-state index contributed by atoms with van der Waals surface area (Å²) in [5.41, 5.74) is 3.23. The molecule has 0 spiro atoms. The molecule has 2 saturated heterocycles. The average Bonchev–Trinajstić information content (AvgIpc) is 3.23. The van der Waals surface area contributed by atoms with Crippen LogP contribution >= 0.6 is 0 Å². The van der Waals surface area contributed by atoms with Crippen molar-refractivity contribution in [2.24, 2.45) is 17.8 Å². The number of nitrogens with zero attached hydrogens (tertiary/aromatic N) is 1. The van der Waals surface area contributed by atoms with Gasteiger partial charge in [-0.25, -0.2) is 4.98 Å². The summed E-state index contributed by atoms with van der Waals surface area (Å²) >= 11 is 0. The number of benzene rings is 1. The molecule has 0 bridgehead atoms. The molecule has 6 heteroatoms. The van der Waals surface area contributed by atoms with Crippen LogP contribution < -0.4 is 15.4 Å². The Hall–Kier alpha value is -2.44. The Bertz CT molecular complexity index is 900. The molecule has 1 saturated carbocycles. The summed E-state index contributed by atoms with van der Waals surface area (Å²) in [5, 5.41) is 6.33. The maximum absolute atomic E-state index is 12.5. The lowest BCUT2D eigenvalue weighted by Crippen LogP contribution is -2.26. The summed E-state index contributed by atoms with van der Waals surface area (Å²) in [6.45, 7) is 5.52. The Morgan fingerprint density at radius 1 is 1.14 bits per heavy atom. The molecule has 0 radical (unpaired) electrons. The van der Waals surface area contributed by atoms with Gasteiger partial charge in [0.1, 0.15) is 17.7 Å². The topological polar surface area (TPSA) is 72.5 Å². The van der Waals surface area contributed by atoms with E-state index in [1.54, 1.807) is 6.20 Å². The van der Waals surface area contributed by atoms with E-state index in [0.29, 0.717) is 17.7 Å². The summed E-state index contributed by atoms with van der Waals surface area (Å²) in [6.07, 6.45) is 3.86. The molecule has 152 valence electrons. The van der Waals surface area contributed by atoms with Crippen molar-refractivity contribution in [1.29, 1.82) is 0 Å². The van der Waals surface area contributed by atoms with Gasteiger partial charge in [-0.1, -0.05) is 6.07 Å². The fourth-order valence-corrected chi connectivity index (χ4v) is 4.63. The zero-order valence-corrected chi connectivity index (χ0v) is 16.7. The van der Waals surface area contributed by atoms with Crippen LogP contribution in [0.1, 0.15) is 18.4 Å². The molecule has 2 aliphatic heterocycles. The highest BCUT2D eigenvalue weighted by molar-refractivity contribution is 5.94. The van der Waals surface area contributed by atoms with E-state index >= 15 is 0 Å². The van der Waals surface area contributed by atoms with Gasteiger partial charge in [-0.3, -0.25) is 4.79 Å². The Labute approximate surface area is 171 Å². The van der Waals surface area contributed by atoms with E-state index in [-0.39, 0.29) is 17.9 Å². The lowest BCUT2D eigenvalue weighted by Gasteiger charge is -2.24. The molecule has 5 rings (SSSR count). The van der Waals surface area contributed by atoms with Gasteiger partial charge in [0.05, 0.1) is 13.2 Å². The second-order valence-electron chi connectivity index (χ2n) is 8.34. The number of fused-ring (bicyclic) bond motifs is 1. The van der Waals surface area contributed by atoms with E-state index in [9.17, 15) is 4.79 Å². The maximum Gasteiger partial charge on any atom is 0.229 e. The minimum atomic E-state index is 0.0996. The SMILES string of the molecule is Cc1cc(-c2ccnc(NC(=O)[C@H]3[C@@H]4CNC[C@@H]43)c2)ccc1OC1CCOCC1. The predicted octanol–water partition coefficient (Wildman–Crippen LogP) is 3.02. The van der Waals surface area contributed by atoms with Crippen molar-refractivity contribution in [2.45, 2.75) is 25.9 Å². The first-order chi connectivity index (χ1) is 14.2. The Kier molecular flexibility index (Phi) is 4.97. The zero-order chi connectivity index (χ0) is 19.8. The van der Waals surface area contributed by atoms with Crippen LogP contribution in [0.15, 0.2) is 36.5 Å². The lowest BCUT2D eigenvalue weighted by atomic mass is 10.0. The maximum atomic E-state index is 12.5. The smallest absolute Gasteiger partial charge is 0.229 e. The minimum Gasteiger partial charge on any atom is -0.490 e. The molecule has 1 aliphatic carbocycles. The van der Waals surface area contributed by atoms with E-state index in [0.717, 1.165) is 61.6 Å². The van der Waals surface area contributed by atoms with Crippen LogP contribution in [-0.4, -0.2) is 43.3 Å². The predicted molar refractivity (Wildman–Crippen MR) is 111 cm³/mol. The normalized spacial score (nSPS) is 26.0. The first-order valence-electron chi connectivity index (χ1n) is 10.5. The van der Waals surface area contributed by atoms with Gasteiger partial charge in [-0.05, 0) is 72.8 Å². The fraction of sp³-hybridized carbons (Fsp3) is 0.478. The molecule has 3 heterocycles. The van der Waals surface area contributed by atoms with Gasteiger partial charge in [-0.2, -0.15) is 0 Å². The molecular weight excluding hydrogens is 366 g/mol. The number of aryl methyl sites for hydroxylation is 1. The average molecular weight is 393 g/mol. The number of nitrogens with one attached hydrogen (secondary N) is 2. The molecule has 1 aromatic heterocycles. The highest BCUT2D eigenvalue weighted by atomic mass is 16.5. The number of piperidine rings is 1. The summed E-state index contributed by atoms with van der Waals surface area (Å²) in [5.74, 6) is 2.80. The van der Waals surface area contributed by atoms with E-state index in [4.69, 9.17) is 9.47 Å². The number of amides is 1. The number of rotatable bonds is 5. The summed E-state index contributed by atoms with van der Waals surface area (Å²) < 4.78 is 11.6. The molecule has 3 atom stereocenters. The van der Waals surface area contributed by atoms with Crippen LogP contribution in [0.5, 0.6) is 5.75 Å². The number of hydrogen-bond donors (Lipinski definition) is 2. The number of carbonyl (C=O) groups excluding carboxylic acids is 1. The number of anilines is 1. The van der Waals surface area contributed by atoms with Crippen LogP contribution in [0.3, 0.4) is 0 Å². The van der Waals surface area contributed by atoms with E-state index in [1.165, 1.54) is 0 Å². The van der Waals surface area contributed by atoms with E-state index in [2.05, 4.69) is 34.7 Å². The van der Waals surface area contributed by atoms with Gasteiger partial charge in [0.25, 0.3) is 0 Å². The third kappa shape index (κ3) is 3.87. The Balaban J connectivity index is 1.27. The second-order valence-corrected chi connectivity index (χ2v) is 8.34. The molecule has 2 N–H and O–H groups in total. The number of carbonyl (C=O) groups is 1. The monoisotopic (exact) mass is 393 g/mol. The van der Waals surface area contributed by atoms with Crippen molar-refractivity contribution in [1.82, 2.24) is 10.3 Å². The first-order valence-corrected chi connectivity index (χ1v) is 10.5. The van der Waals surface area contributed by atoms with Crippen molar-refractivity contribution < 1.29 is 14.3 Å². The highest BCUT2D eigenvalue weighted by Crippen LogP contribution is 2.49. The van der Waals surface area contributed by atoms with Crippen molar-refractivity contribution in [3.63, 3.8) is 0 Å². The largest absolute Gasteiger partial charge is 0.490 e. The second kappa shape index (κ2) is 7.76. The quantitative estimate of drug-likeness (QED) is 0.817. The third-order valence-electron chi connectivity index (χ3n) is 6.38. The first kappa shape index (κ1) is 18.6. The van der Waals surface area contributed by atoms with Gasteiger partial charge in [0.2, 0.25) is 5.91 Å². The van der Waals surface area contributed by atoms with Crippen LogP contribution in [0.4, 0.5) is 5.82 Å².